The summed E-state index contributed by atoms with van der Waals surface area (Å²) in [4.78, 5) is 13.8. The highest BCUT2D eigenvalue weighted by Crippen LogP contribution is 2.37. The van der Waals surface area contributed by atoms with E-state index in [1.807, 2.05) is 41.3 Å². The van der Waals surface area contributed by atoms with Crippen LogP contribution in [-0.2, 0) is 4.79 Å². The number of carbonyl (C=O) groups is 1. The Morgan fingerprint density at radius 1 is 1.00 bits per heavy atom. The zero-order valence-electron chi connectivity index (χ0n) is 13.5. The van der Waals surface area contributed by atoms with Crippen LogP contribution >= 0.6 is 34.8 Å². The van der Waals surface area contributed by atoms with Gasteiger partial charge in [-0.25, -0.2) is 0 Å². The van der Waals surface area contributed by atoms with Crippen molar-refractivity contribution in [2.75, 3.05) is 6.54 Å². The molecule has 0 aromatic heterocycles. The fraction of sp³-hybridized carbons (Fsp3) is 0.316. The number of hydrogen-bond donors (Lipinski definition) is 1. The third kappa shape index (κ3) is 4.12. The number of carboxylic acid groups (broad SMARTS) is 1. The lowest BCUT2D eigenvalue weighted by atomic mass is 9.92. The molecule has 0 bridgehead atoms. The van der Waals surface area contributed by atoms with Crippen molar-refractivity contribution >= 4 is 40.8 Å². The molecule has 1 aliphatic rings. The van der Waals surface area contributed by atoms with E-state index in [1.54, 1.807) is 6.07 Å². The van der Waals surface area contributed by atoms with Crippen molar-refractivity contribution < 1.29 is 9.90 Å². The normalized spacial score (nSPS) is 19.6. The molecule has 132 valence electrons. The van der Waals surface area contributed by atoms with Crippen LogP contribution < -0.4 is 0 Å². The fourth-order valence-corrected chi connectivity index (χ4v) is 3.86. The van der Waals surface area contributed by atoms with E-state index < -0.39 is 12.0 Å². The predicted octanol–water partition coefficient (Wildman–Crippen LogP) is 5.68. The summed E-state index contributed by atoms with van der Waals surface area (Å²) in [6, 6.07) is 12.2. The van der Waals surface area contributed by atoms with Gasteiger partial charge in [0.05, 0.1) is 16.1 Å². The lowest BCUT2D eigenvalue weighted by molar-refractivity contribution is -0.145. The van der Waals surface area contributed by atoms with Crippen molar-refractivity contribution in [2.45, 2.75) is 31.3 Å². The molecule has 0 saturated carbocycles. The zero-order chi connectivity index (χ0) is 18.0. The number of hydrogen-bond acceptors (Lipinski definition) is 2. The average Bonchev–Trinajstić information content (AvgIpc) is 2.60. The minimum atomic E-state index is -0.793. The van der Waals surface area contributed by atoms with Crippen LogP contribution in [0.15, 0.2) is 42.5 Å². The molecule has 1 fully saturated rings. The molecule has 2 unspecified atom stereocenters. The summed E-state index contributed by atoms with van der Waals surface area (Å²) in [7, 11) is 0. The number of piperidine rings is 1. The molecular weight excluding hydrogens is 381 g/mol. The van der Waals surface area contributed by atoms with E-state index in [1.165, 1.54) is 0 Å². The number of carboxylic acids is 1. The molecule has 3 rings (SSSR count). The molecule has 1 heterocycles. The lowest BCUT2D eigenvalue weighted by Crippen LogP contribution is -2.46. The van der Waals surface area contributed by atoms with E-state index in [4.69, 9.17) is 34.8 Å². The second kappa shape index (κ2) is 7.96. The number of likely N-dealkylation sites (tertiary alicyclic amines) is 1. The highest BCUT2D eigenvalue weighted by Gasteiger charge is 2.35. The maximum Gasteiger partial charge on any atom is 0.320 e. The van der Waals surface area contributed by atoms with Gasteiger partial charge in [0.1, 0.15) is 6.04 Å². The van der Waals surface area contributed by atoms with Gasteiger partial charge in [-0.2, -0.15) is 0 Å². The standard InChI is InChI=1S/C19H18Cl3NO2/c20-14-7-4-12(5-8-14)18(13-6-9-15(21)16(22)11-13)23-10-2-1-3-17(23)19(24)25/h4-9,11,17-18H,1-3,10H2,(H,24,25). The maximum atomic E-state index is 11.8. The molecule has 2 aromatic rings. The van der Waals surface area contributed by atoms with Crippen molar-refractivity contribution in [2.24, 2.45) is 0 Å². The van der Waals surface area contributed by atoms with E-state index in [0.29, 0.717) is 28.0 Å². The van der Waals surface area contributed by atoms with Gasteiger partial charge in [0, 0.05) is 5.02 Å². The first kappa shape index (κ1) is 18.5. The number of halogens is 3. The van der Waals surface area contributed by atoms with Gasteiger partial charge in [0.2, 0.25) is 0 Å². The average molecular weight is 399 g/mol. The van der Waals surface area contributed by atoms with Crippen molar-refractivity contribution in [3.63, 3.8) is 0 Å². The summed E-state index contributed by atoms with van der Waals surface area (Å²) in [5, 5.41) is 11.3. The Balaban J connectivity index is 2.08. The van der Waals surface area contributed by atoms with E-state index in [9.17, 15) is 9.90 Å². The number of rotatable bonds is 4. The first-order chi connectivity index (χ1) is 12.0. The summed E-state index contributed by atoms with van der Waals surface area (Å²) < 4.78 is 0. The van der Waals surface area contributed by atoms with Crippen LogP contribution in [0.1, 0.15) is 36.4 Å². The summed E-state index contributed by atoms with van der Waals surface area (Å²) in [5.74, 6) is -0.793. The molecule has 0 spiro atoms. The molecule has 6 heteroatoms. The Morgan fingerprint density at radius 3 is 2.32 bits per heavy atom. The van der Waals surface area contributed by atoms with E-state index >= 15 is 0 Å². The Kier molecular flexibility index (Phi) is 5.90. The van der Waals surface area contributed by atoms with Crippen molar-refractivity contribution in [1.29, 1.82) is 0 Å². The van der Waals surface area contributed by atoms with Crippen LogP contribution in [0.4, 0.5) is 0 Å². The molecule has 25 heavy (non-hydrogen) atoms. The largest absolute Gasteiger partial charge is 0.480 e. The third-order valence-corrected chi connectivity index (χ3v) is 5.60. The van der Waals surface area contributed by atoms with Crippen LogP contribution in [-0.4, -0.2) is 28.6 Å². The second-order valence-corrected chi connectivity index (χ2v) is 7.47. The monoisotopic (exact) mass is 397 g/mol. The highest BCUT2D eigenvalue weighted by molar-refractivity contribution is 6.42. The second-order valence-electron chi connectivity index (χ2n) is 6.22. The van der Waals surface area contributed by atoms with Crippen LogP contribution in [0.5, 0.6) is 0 Å². The molecule has 1 saturated heterocycles. The van der Waals surface area contributed by atoms with Crippen LogP contribution in [0, 0.1) is 0 Å². The van der Waals surface area contributed by atoms with Gasteiger partial charge in [-0.1, -0.05) is 59.4 Å². The molecule has 2 atom stereocenters. The van der Waals surface area contributed by atoms with Crippen LogP contribution in [0.3, 0.4) is 0 Å². The van der Waals surface area contributed by atoms with Gasteiger partial charge < -0.3 is 5.11 Å². The van der Waals surface area contributed by atoms with Gasteiger partial charge in [-0.05, 0) is 54.8 Å². The smallest absolute Gasteiger partial charge is 0.320 e. The third-order valence-electron chi connectivity index (χ3n) is 4.61. The van der Waals surface area contributed by atoms with Crippen molar-refractivity contribution in [1.82, 2.24) is 4.90 Å². The van der Waals surface area contributed by atoms with Gasteiger partial charge in [-0.3, -0.25) is 9.69 Å². The predicted molar refractivity (Wildman–Crippen MR) is 102 cm³/mol. The van der Waals surface area contributed by atoms with Gasteiger partial charge in [0.15, 0.2) is 0 Å². The van der Waals surface area contributed by atoms with Crippen LogP contribution in [0.25, 0.3) is 0 Å². The highest BCUT2D eigenvalue weighted by atomic mass is 35.5. The maximum absolute atomic E-state index is 11.8. The molecule has 0 aliphatic carbocycles. The summed E-state index contributed by atoms with van der Waals surface area (Å²) in [6.45, 7) is 0.713. The summed E-state index contributed by atoms with van der Waals surface area (Å²) >= 11 is 18.3. The topological polar surface area (TPSA) is 40.5 Å². The molecule has 1 aliphatic heterocycles. The van der Waals surface area contributed by atoms with Crippen molar-refractivity contribution in [3.8, 4) is 0 Å². The Hall–Kier alpha value is -1.26. The van der Waals surface area contributed by atoms with E-state index in [0.717, 1.165) is 24.0 Å². The van der Waals surface area contributed by atoms with Crippen molar-refractivity contribution in [3.05, 3.63) is 68.7 Å². The summed E-state index contributed by atoms with van der Waals surface area (Å²) in [5.41, 5.74) is 1.90. The van der Waals surface area contributed by atoms with Crippen LogP contribution in [0.2, 0.25) is 15.1 Å². The van der Waals surface area contributed by atoms with Gasteiger partial charge in [0.25, 0.3) is 0 Å². The number of nitrogens with zero attached hydrogens (tertiary/aromatic N) is 1. The fourth-order valence-electron chi connectivity index (χ4n) is 3.43. The first-order valence-corrected chi connectivity index (χ1v) is 9.29. The number of benzene rings is 2. The first-order valence-electron chi connectivity index (χ1n) is 8.16. The van der Waals surface area contributed by atoms with Gasteiger partial charge in [-0.15, -0.1) is 0 Å². The van der Waals surface area contributed by atoms with E-state index in [-0.39, 0.29) is 6.04 Å². The molecule has 2 aromatic carbocycles. The Bertz CT molecular complexity index is 764. The van der Waals surface area contributed by atoms with E-state index in [2.05, 4.69) is 0 Å². The SMILES string of the molecule is O=C(O)C1CCCCN1C(c1ccc(Cl)cc1)c1ccc(Cl)c(Cl)c1. The minimum absolute atomic E-state index is 0.214. The van der Waals surface area contributed by atoms with Gasteiger partial charge >= 0.3 is 5.97 Å². The molecule has 0 radical (unpaired) electrons. The molecule has 3 nitrogen and oxygen atoms in total. The molecule has 1 N–H and O–H groups in total. The lowest BCUT2D eigenvalue weighted by Gasteiger charge is -2.39. The molecule has 0 amide bonds. The Labute approximate surface area is 162 Å². The minimum Gasteiger partial charge on any atom is -0.480 e. The Morgan fingerprint density at radius 2 is 1.68 bits per heavy atom. The number of aliphatic carboxylic acids is 1. The molecular formula is C19H18Cl3NO2. The zero-order valence-corrected chi connectivity index (χ0v) is 15.7. The summed E-state index contributed by atoms with van der Waals surface area (Å²) in [6.07, 6.45) is 2.53. The quantitative estimate of drug-likeness (QED) is 0.720.